The molecule has 2 amide bonds. The van der Waals surface area contributed by atoms with Gasteiger partial charge in [-0.25, -0.2) is 4.79 Å². The molecule has 1 rings (SSSR count). The number of urea groups is 1. The highest BCUT2D eigenvalue weighted by Crippen LogP contribution is 2.03. The predicted octanol–water partition coefficient (Wildman–Crippen LogP) is 0.437. The van der Waals surface area contributed by atoms with E-state index in [-0.39, 0.29) is 12.1 Å². The molecule has 0 aromatic heterocycles. The van der Waals surface area contributed by atoms with Crippen LogP contribution in [0.5, 0.6) is 0 Å². The maximum absolute atomic E-state index is 11.3. The van der Waals surface area contributed by atoms with Crippen molar-refractivity contribution in [2.45, 2.75) is 19.4 Å². The first-order chi connectivity index (χ1) is 5.74. The van der Waals surface area contributed by atoms with Crippen LogP contribution in [0.15, 0.2) is 0 Å². The van der Waals surface area contributed by atoms with Crippen LogP contribution in [-0.2, 0) is 4.74 Å². The van der Waals surface area contributed by atoms with E-state index in [1.165, 1.54) is 0 Å². The van der Waals surface area contributed by atoms with Gasteiger partial charge in [-0.3, -0.25) is 0 Å². The third-order valence-corrected chi connectivity index (χ3v) is 2.08. The molecule has 1 fully saturated rings. The van der Waals surface area contributed by atoms with Gasteiger partial charge in [0.05, 0.1) is 12.6 Å². The van der Waals surface area contributed by atoms with Crippen molar-refractivity contribution in [3.8, 4) is 0 Å². The smallest absolute Gasteiger partial charge is 0.317 e. The van der Waals surface area contributed by atoms with Crippen LogP contribution >= 0.6 is 0 Å². The fourth-order valence-electron chi connectivity index (χ4n) is 1.08. The Kier molecular flexibility index (Phi) is 3.34. The molecule has 4 heteroatoms. The molecule has 1 saturated heterocycles. The highest BCUT2D eigenvalue weighted by Gasteiger charge is 2.18. The number of amides is 2. The molecular weight excluding hydrogens is 156 g/mol. The van der Waals surface area contributed by atoms with E-state index in [4.69, 9.17) is 4.74 Å². The Balaban J connectivity index is 2.25. The summed E-state index contributed by atoms with van der Waals surface area (Å²) in [5.41, 5.74) is 0. The van der Waals surface area contributed by atoms with Crippen molar-refractivity contribution >= 4 is 6.03 Å². The van der Waals surface area contributed by atoms with Gasteiger partial charge in [0.1, 0.15) is 0 Å². The number of hydrogen-bond acceptors (Lipinski definition) is 2. The van der Waals surface area contributed by atoms with Crippen LogP contribution in [0.1, 0.15) is 13.3 Å². The van der Waals surface area contributed by atoms with Crippen molar-refractivity contribution in [3.05, 3.63) is 0 Å². The van der Waals surface area contributed by atoms with Crippen molar-refractivity contribution in [2.24, 2.45) is 0 Å². The minimum Gasteiger partial charge on any atom is -0.379 e. The highest BCUT2D eigenvalue weighted by atomic mass is 16.5. The Morgan fingerprint density at radius 1 is 1.75 bits per heavy atom. The average molecular weight is 172 g/mol. The van der Waals surface area contributed by atoms with E-state index in [1.54, 1.807) is 11.9 Å². The number of carbonyl (C=O) groups is 1. The van der Waals surface area contributed by atoms with E-state index in [1.807, 2.05) is 6.92 Å². The normalized spacial score (nSPS) is 22.3. The van der Waals surface area contributed by atoms with Gasteiger partial charge in [-0.2, -0.15) is 0 Å². The van der Waals surface area contributed by atoms with Gasteiger partial charge >= 0.3 is 6.03 Å². The lowest BCUT2D eigenvalue weighted by Gasteiger charge is -2.18. The molecule has 1 aliphatic heterocycles. The van der Waals surface area contributed by atoms with Gasteiger partial charge in [0.2, 0.25) is 0 Å². The minimum atomic E-state index is -0.00648. The molecule has 70 valence electrons. The van der Waals surface area contributed by atoms with E-state index in [0.717, 1.165) is 19.6 Å². The van der Waals surface area contributed by atoms with Crippen LogP contribution in [0, 0.1) is 0 Å². The maximum atomic E-state index is 11.3. The lowest BCUT2D eigenvalue weighted by atomic mass is 10.3. The first-order valence-corrected chi connectivity index (χ1v) is 4.33. The summed E-state index contributed by atoms with van der Waals surface area (Å²) < 4.78 is 5.14. The molecule has 0 radical (unpaired) electrons. The van der Waals surface area contributed by atoms with E-state index in [0.29, 0.717) is 6.61 Å². The predicted molar refractivity (Wildman–Crippen MR) is 46.1 cm³/mol. The minimum absolute atomic E-state index is 0.00648. The second-order valence-corrected chi connectivity index (χ2v) is 3.02. The van der Waals surface area contributed by atoms with Gasteiger partial charge in [-0.15, -0.1) is 0 Å². The molecule has 0 aromatic carbocycles. The van der Waals surface area contributed by atoms with E-state index >= 15 is 0 Å². The summed E-state index contributed by atoms with van der Waals surface area (Å²) in [4.78, 5) is 12.9. The molecule has 0 bridgehead atoms. The Morgan fingerprint density at radius 3 is 3.00 bits per heavy atom. The van der Waals surface area contributed by atoms with Gasteiger partial charge in [0.15, 0.2) is 0 Å². The summed E-state index contributed by atoms with van der Waals surface area (Å²) in [6.07, 6.45) is 0.934. The SMILES string of the molecule is CCN(C)C(=O)NC1CCOC1. The quantitative estimate of drug-likeness (QED) is 0.656. The summed E-state index contributed by atoms with van der Waals surface area (Å²) >= 11 is 0. The summed E-state index contributed by atoms with van der Waals surface area (Å²) in [6.45, 7) is 4.11. The van der Waals surface area contributed by atoms with E-state index in [9.17, 15) is 4.79 Å². The van der Waals surface area contributed by atoms with Gasteiger partial charge in [-0.05, 0) is 13.3 Å². The number of nitrogens with zero attached hydrogens (tertiary/aromatic N) is 1. The van der Waals surface area contributed by atoms with Crippen LogP contribution in [-0.4, -0.2) is 43.8 Å². The number of ether oxygens (including phenoxy) is 1. The van der Waals surface area contributed by atoms with Gasteiger partial charge in [-0.1, -0.05) is 0 Å². The molecule has 12 heavy (non-hydrogen) atoms. The summed E-state index contributed by atoms with van der Waals surface area (Å²) in [6, 6.07) is 0.208. The molecule has 1 atom stereocenters. The number of carbonyl (C=O) groups excluding carboxylic acids is 1. The van der Waals surface area contributed by atoms with Crippen LogP contribution in [0.4, 0.5) is 4.79 Å². The summed E-state index contributed by atoms with van der Waals surface area (Å²) in [5, 5.41) is 2.89. The lowest BCUT2D eigenvalue weighted by Crippen LogP contribution is -2.43. The zero-order valence-corrected chi connectivity index (χ0v) is 7.67. The Bertz CT molecular complexity index is 155. The molecule has 1 heterocycles. The molecule has 0 aromatic rings. The summed E-state index contributed by atoms with van der Waals surface area (Å²) in [7, 11) is 1.78. The van der Waals surface area contributed by atoms with Crippen molar-refractivity contribution in [1.29, 1.82) is 0 Å². The van der Waals surface area contributed by atoms with Crippen LogP contribution in [0.2, 0.25) is 0 Å². The van der Waals surface area contributed by atoms with E-state index in [2.05, 4.69) is 5.32 Å². The Morgan fingerprint density at radius 2 is 2.50 bits per heavy atom. The first-order valence-electron chi connectivity index (χ1n) is 4.33. The molecule has 1 unspecified atom stereocenters. The van der Waals surface area contributed by atoms with Gasteiger partial charge in [0.25, 0.3) is 0 Å². The monoisotopic (exact) mass is 172 g/mol. The fourth-order valence-corrected chi connectivity index (χ4v) is 1.08. The second-order valence-electron chi connectivity index (χ2n) is 3.02. The standard InChI is InChI=1S/C8H16N2O2/c1-3-10(2)8(11)9-7-4-5-12-6-7/h7H,3-6H2,1-2H3,(H,9,11). The molecule has 4 nitrogen and oxygen atoms in total. The van der Waals surface area contributed by atoms with E-state index < -0.39 is 0 Å². The lowest BCUT2D eigenvalue weighted by molar-refractivity contribution is 0.183. The number of rotatable bonds is 2. The zero-order valence-electron chi connectivity index (χ0n) is 7.67. The maximum Gasteiger partial charge on any atom is 0.317 e. The van der Waals surface area contributed by atoms with Crippen molar-refractivity contribution in [2.75, 3.05) is 26.8 Å². The Labute approximate surface area is 72.9 Å². The Hall–Kier alpha value is -0.770. The topological polar surface area (TPSA) is 41.6 Å². The van der Waals surface area contributed by atoms with Crippen LogP contribution in [0.25, 0.3) is 0 Å². The highest BCUT2D eigenvalue weighted by molar-refractivity contribution is 5.74. The number of hydrogen-bond donors (Lipinski definition) is 1. The van der Waals surface area contributed by atoms with Crippen LogP contribution in [0.3, 0.4) is 0 Å². The molecular formula is C8H16N2O2. The zero-order chi connectivity index (χ0) is 8.97. The molecule has 0 saturated carbocycles. The molecule has 0 spiro atoms. The van der Waals surface area contributed by atoms with Gasteiger partial charge < -0.3 is 15.0 Å². The third-order valence-electron chi connectivity index (χ3n) is 2.08. The van der Waals surface area contributed by atoms with Crippen molar-refractivity contribution in [3.63, 3.8) is 0 Å². The fraction of sp³-hybridized carbons (Fsp3) is 0.875. The average Bonchev–Trinajstić information content (AvgIpc) is 2.55. The molecule has 0 aliphatic carbocycles. The molecule has 1 aliphatic rings. The first kappa shape index (κ1) is 9.32. The number of nitrogens with one attached hydrogen (secondary N) is 1. The van der Waals surface area contributed by atoms with Crippen LogP contribution < -0.4 is 5.32 Å². The largest absolute Gasteiger partial charge is 0.379 e. The summed E-state index contributed by atoms with van der Waals surface area (Å²) in [5.74, 6) is 0. The van der Waals surface area contributed by atoms with Crippen molar-refractivity contribution < 1.29 is 9.53 Å². The second kappa shape index (κ2) is 4.30. The third kappa shape index (κ3) is 2.37. The van der Waals surface area contributed by atoms with Crippen molar-refractivity contribution in [1.82, 2.24) is 10.2 Å². The van der Waals surface area contributed by atoms with Gasteiger partial charge in [0, 0.05) is 20.2 Å². The molecule has 1 N–H and O–H groups in total.